The normalized spacial score (nSPS) is 19.8. The SMILES string of the molecule is Cn1c(-c2cc(N3CCC(O)(CN4CCOCC4)CC3)ncc2Cl)nc2ccccc21. The molecule has 2 fully saturated rings. The van der Waals surface area contributed by atoms with Crippen molar-refractivity contribution in [3.63, 3.8) is 0 Å². The van der Waals surface area contributed by atoms with Crippen LogP contribution in [-0.2, 0) is 11.8 Å². The van der Waals surface area contributed by atoms with Crippen LogP contribution >= 0.6 is 11.6 Å². The van der Waals surface area contributed by atoms with E-state index in [0.29, 0.717) is 11.6 Å². The summed E-state index contributed by atoms with van der Waals surface area (Å²) in [7, 11) is 2.01. The van der Waals surface area contributed by atoms with Crippen molar-refractivity contribution in [2.45, 2.75) is 18.4 Å². The first-order valence-corrected chi connectivity index (χ1v) is 11.3. The van der Waals surface area contributed by atoms with Crippen molar-refractivity contribution in [1.29, 1.82) is 0 Å². The third-order valence-electron chi connectivity index (χ3n) is 6.51. The highest BCUT2D eigenvalue weighted by Gasteiger charge is 2.35. The number of rotatable bonds is 4. The lowest BCUT2D eigenvalue weighted by Gasteiger charge is -2.42. The number of imidazole rings is 1. The molecule has 0 atom stereocenters. The molecule has 7 nitrogen and oxygen atoms in total. The molecule has 0 spiro atoms. The van der Waals surface area contributed by atoms with Crippen molar-refractivity contribution in [2.24, 2.45) is 7.05 Å². The summed E-state index contributed by atoms with van der Waals surface area (Å²) in [6, 6.07) is 10.1. The van der Waals surface area contributed by atoms with Crippen LogP contribution in [0, 0.1) is 0 Å². The molecular formula is C23H28ClN5O2. The maximum Gasteiger partial charge on any atom is 0.142 e. The van der Waals surface area contributed by atoms with Gasteiger partial charge in [0.15, 0.2) is 0 Å². The molecule has 0 unspecified atom stereocenters. The van der Waals surface area contributed by atoms with Crippen LogP contribution in [0.4, 0.5) is 5.82 Å². The van der Waals surface area contributed by atoms with Crippen LogP contribution in [0.1, 0.15) is 12.8 Å². The van der Waals surface area contributed by atoms with Gasteiger partial charge in [0, 0.05) is 51.5 Å². The Kier molecular flexibility index (Phi) is 5.60. The summed E-state index contributed by atoms with van der Waals surface area (Å²) in [5, 5.41) is 11.7. The molecular weight excluding hydrogens is 414 g/mol. The van der Waals surface area contributed by atoms with Crippen LogP contribution in [-0.4, -0.2) is 76.1 Å². The van der Waals surface area contributed by atoms with Crippen molar-refractivity contribution in [3.8, 4) is 11.4 Å². The molecule has 31 heavy (non-hydrogen) atoms. The minimum absolute atomic E-state index is 0.586. The summed E-state index contributed by atoms with van der Waals surface area (Å²) < 4.78 is 7.49. The summed E-state index contributed by atoms with van der Waals surface area (Å²) in [6.07, 6.45) is 3.15. The molecule has 2 saturated heterocycles. The number of aliphatic hydroxyl groups is 1. The molecule has 5 rings (SSSR count). The Morgan fingerprint density at radius 1 is 1.13 bits per heavy atom. The van der Waals surface area contributed by atoms with Crippen LogP contribution in [0.5, 0.6) is 0 Å². The van der Waals surface area contributed by atoms with E-state index in [1.165, 1.54) is 0 Å². The van der Waals surface area contributed by atoms with E-state index in [4.69, 9.17) is 21.3 Å². The first-order chi connectivity index (χ1) is 15.0. The number of para-hydroxylation sites is 2. The second-order valence-corrected chi connectivity index (χ2v) is 9.01. The number of nitrogens with zero attached hydrogens (tertiary/aromatic N) is 5. The fourth-order valence-electron chi connectivity index (χ4n) is 4.64. The zero-order valence-corrected chi connectivity index (χ0v) is 18.6. The van der Waals surface area contributed by atoms with Gasteiger partial charge in [-0.15, -0.1) is 0 Å². The lowest BCUT2D eigenvalue weighted by molar-refractivity contribution is -0.0441. The van der Waals surface area contributed by atoms with Crippen LogP contribution in [0.3, 0.4) is 0 Å². The Morgan fingerprint density at radius 2 is 1.87 bits per heavy atom. The molecule has 8 heteroatoms. The summed E-state index contributed by atoms with van der Waals surface area (Å²) in [4.78, 5) is 13.9. The van der Waals surface area contributed by atoms with Gasteiger partial charge in [0.25, 0.3) is 0 Å². The Balaban J connectivity index is 1.34. The van der Waals surface area contributed by atoms with Crippen LogP contribution in [0.2, 0.25) is 5.02 Å². The molecule has 3 aromatic rings. The van der Waals surface area contributed by atoms with E-state index in [-0.39, 0.29) is 0 Å². The number of hydrogen-bond acceptors (Lipinski definition) is 6. The highest BCUT2D eigenvalue weighted by Crippen LogP contribution is 2.33. The molecule has 1 aromatic carbocycles. The number of fused-ring (bicyclic) bond motifs is 1. The smallest absolute Gasteiger partial charge is 0.142 e. The second kappa shape index (κ2) is 8.39. The van der Waals surface area contributed by atoms with E-state index in [0.717, 1.165) is 80.5 Å². The minimum atomic E-state index is -0.652. The number of aromatic nitrogens is 3. The first kappa shape index (κ1) is 20.7. The average molecular weight is 442 g/mol. The van der Waals surface area contributed by atoms with E-state index >= 15 is 0 Å². The van der Waals surface area contributed by atoms with Gasteiger partial charge in [-0.05, 0) is 31.0 Å². The first-order valence-electron chi connectivity index (χ1n) is 10.9. The zero-order chi connectivity index (χ0) is 21.4. The molecule has 2 aromatic heterocycles. The number of aryl methyl sites for hydroxylation is 1. The Morgan fingerprint density at radius 3 is 2.61 bits per heavy atom. The Hall–Kier alpha value is -2.19. The van der Waals surface area contributed by atoms with Gasteiger partial charge in [0.1, 0.15) is 11.6 Å². The number of ether oxygens (including phenoxy) is 1. The van der Waals surface area contributed by atoms with Gasteiger partial charge < -0.3 is 19.3 Å². The molecule has 2 aliphatic heterocycles. The van der Waals surface area contributed by atoms with Gasteiger partial charge in [-0.1, -0.05) is 23.7 Å². The lowest BCUT2D eigenvalue weighted by Crippen LogP contribution is -2.53. The van der Waals surface area contributed by atoms with E-state index in [1.54, 1.807) is 6.20 Å². The van der Waals surface area contributed by atoms with Gasteiger partial charge in [0.05, 0.1) is 34.9 Å². The van der Waals surface area contributed by atoms with Crippen LogP contribution in [0.15, 0.2) is 36.5 Å². The molecule has 0 radical (unpaired) electrons. The summed E-state index contributed by atoms with van der Waals surface area (Å²) in [5.41, 5.74) is 2.23. The molecule has 0 aliphatic carbocycles. The number of piperidine rings is 1. The largest absolute Gasteiger partial charge is 0.388 e. The average Bonchev–Trinajstić information content (AvgIpc) is 3.12. The molecule has 0 bridgehead atoms. The molecule has 164 valence electrons. The fourth-order valence-corrected chi connectivity index (χ4v) is 4.83. The predicted molar refractivity (Wildman–Crippen MR) is 123 cm³/mol. The van der Waals surface area contributed by atoms with E-state index < -0.39 is 5.60 Å². The summed E-state index contributed by atoms with van der Waals surface area (Å²) >= 11 is 6.53. The number of β-amino-alcohol motifs (C(OH)–C–C–N with tert-alkyl or cyclic N) is 1. The van der Waals surface area contributed by atoms with E-state index in [9.17, 15) is 5.11 Å². The third-order valence-corrected chi connectivity index (χ3v) is 6.81. The van der Waals surface area contributed by atoms with E-state index in [1.807, 2.05) is 31.3 Å². The van der Waals surface area contributed by atoms with Crippen LogP contribution in [0.25, 0.3) is 22.4 Å². The topological polar surface area (TPSA) is 66.7 Å². The van der Waals surface area contributed by atoms with Gasteiger partial charge in [-0.3, -0.25) is 4.90 Å². The number of pyridine rings is 1. The van der Waals surface area contributed by atoms with Crippen molar-refractivity contribution < 1.29 is 9.84 Å². The summed E-state index contributed by atoms with van der Waals surface area (Å²) in [6.45, 7) is 5.53. The minimum Gasteiger partial charge on any atom is -0.388 e. The monoisotopic (exact) mass is 441 g/mol. The quantitative estimate of drug-likeness (QED) is 0.671. The van der Waals surface area contributed by atoms with E-state index in [2.05, 4.69) is 25.4 Å². The highest BCUT2D eigenvalue weighted by atomic mass is 35.5. The predicted octanol–water partition coefficient (Wildman–Crippen LogP) is 2.95. The second-order valence-electron chi connectivity index (χ2n) is 8.61. The number of benzene rings is 1. The van der Waals surface area contributed by atoms with Crippen LogP contribution < -0.4 is 4.90 Å². The third kappa shape index (κ3) is 4.15. The standard InChI is InChI=1S/C23H28ClN5O2/c1-27-20-5-3-2-4-19(20)26-22(27)17-14-21(25-15-18(17)24)29-8-6-23(30,7-9-29)16-28-10-12-31-13-11-28/h2-5,14-15,30H,6-13,16H2,1H3. The zero-order valence-electron chi connectivity index (χ0n) is 17.8. The van der Waals surface area contributed by atoms with Gasteiger partial charge in [0.2, 0.25) is 0 Å². The number of hydrogen-bond donors (Lipinski definition) is 1. The number of anilines is 1. The molecule has 0 saturated carbocycles. The Labute approximate surface area is 187 Å². The van der Waals surface area contributed by atoms with Crippen molar-refractivity contribution >= 4 is 28.5 Å². The van der Waals surface area contributed by atoms with Crippen molar-refractivity contribution in [3.05, 3.63) is 41.6 Å². The molecule has 4 heterocycles. The summed E-state index contributed by atoms with van der Waals surface area (Å²) in [5.74, 6) is 1.70. The van der Waals surface area contributed by atoms with Gasteiger partial charge >= 0.3 is 0 Å². The molecule has 2 aliphatic rings. The molecule has 1 N–H and O–H groups in total. The molecule has 0 amide bonds. The lowest BCUT2D eigenvalue weighted by atomic mass is 9.90. The fraction of sp³-hybridized carbons (Fsp3) is 0.478. The number of halogens is 1. The van der Waals surface area contributed by atoms with Crippen molar-refractivity contribution in [1.82, 2.24) is 19.4 Å². The van der Waals surface area contributed by atoms with Gasteiger partial charge in [-0.2, -0.15) is 0 Å². The maximum absolute atomic E-state index is 11.1. The number of morpholine rings is 1. The maximum atomic E-state index is 11.1. The van der Waals surface area contributed by atoms with Crippen molar-refractivity contribution in [2.75, 3.05) is 50.8 Å². The van der Waals surface area contributed by atoms with Gasteiger partial charge in [-0.25, -0.2) is 9.97 Å². The highest BCUT2D eigenvalue weighted by molar-refractivity contribution is 6.33. The Bertz CT molecular complexity index is 1070.